The third-order valence-electron chi connectivity index (χ3n) is 4.46. The molecule has 2 saturated heterocycles. The Morgan fingerprint density at radius 1 is 1.58 bits per heavy atom. The topological polar surface area (TPSA) is 71.2 Å². The van der Waals surface area contributed by atoms with Crippen molar-refractivity contribution < 1.29 is 4.79 Å². The third-order valence-corrected chi connectivity index (χ3v) is 4.46. The molecule has 0 aliphatic carbocycles. The van der Waals surface area contributed by atoms with Crippen LogP contribution >= 0.6 is 0 Å². The van der Waals surface area contributed by atoms with Crippen LogP contribution in [0.3, 0.4) is 0 Å². The molecule has 2 fully saturated rings. The predicted octanol–water partition coefficient (Wildman–Crippen LogP) is 0.615. The Morgan fingerprint density at radius 2 is 2.42 bits per heavy atom. The van der Waals surface area contributed by atoms with Crippen molar-refractivity contribution in [3.05, 3.63) is 23.9 Å². The average molecular weight is 260 g/mol. The minimum absolute atomic E-state index is 0.391. The lowest BCUT2D eigenvalue weighted by Crippen LogP contribution is -2.35. The molecule has 0 aromatic carbocycles. The molecule has 1 aromatic heterocycles. The molecule has 2 aliphatic heterocycles. The second-order valence-corrected chi connectivity index (χ2v) is 5.48. The van der Waals surface area contributed by atoms with E-state index in [0.717, 1.165) is 31.9 Å². The summed E-state index contributed by atoms with van der Waals surface area (Å²) in [6.07, 6.45) is 2.78. The highest BCUT2D eigenvalue weighted by molar-refractivity contribution is 5.93. The summed E-state index contributed by atoms with van der Waals surface area (Å²) in [5.74, 6) is 1.89. The van der Waals surface area contributed by atoms with E-state index in [4.69, 9.17) is 5.73 Å². The summed E-state index contributed by atoms with van der Waals surface area (Å²) >= 11 is 0. The molecule has 0 saturated carbocycles. The van der Waals surface area contributed by atoms with E-state index in [-0.39, 0.29) is 0 Å². The van der Waals surface area contributed by atoms with E-state index in [2.05, 4.69) is 22.1 Å². The van der Waals surface area contributed by atoms with Crippen LogP contribution in [0, 0.1) is 11.8 Å². The highest BCUT2D eigenvalue weighted by Gasteiger charge is 2.43. The summed E-state index contributed by atoms with van der Waals surface area (Å²) in [7, 11) is 0. The van der Waals surface area contributed by atoms with Crippen molar-refractivity contribution in [3.8, 4) is 0 Å². The summed E-state index contributed by atoms with van der Waals surface area (Å²) in [6.45, 7) is 5.42. The Kier molecular flexibility index (Phi) is 3.14. The van der Waals surface area contributed by atoms with Gasteiger partial charge in [0.25, 0.3) is 0 Å². The van der Waals surface area contributed by atoms with Crippen LogP contribution in [0.25, 0.3) is 0 Å². The monoisotopic (exact) mass is 260 g/mol. The van der Waals surface area contributed by atoms with E-state index in [1.807, 2.05) is 6.07 Å². The standard InChI is InChI=1S/C14H20N4O/c1-2-12-11-7-16-6-10(11)8-18(12)13-5-9(14(15)19)3-4-17-13/h3-5,10-12,16H,2,6-8H2,1H3,(H2,15,19). The number of pyridine rings is 1. The van der Waals surface area contributed by atoms with Gasteiger partial charge in [-0.25, -0.2) is 4.98 Å². The summed E-state index contributed by atoms with van der Waals surface area (Å²) in [6, 6.07) is 4.00. The summed E-state index contributed by atoms with van der Waals surface area (Å²) in [4.78, 5) is 18.1. The van der Waals surface area contributed by atoms with Crippen LogP contribution in [-0.2, 0) is 0 Å². The number of carbonyl (C=O) groups is 1. The zero-order valence-electron chi connectivity index (χ0n) is 11.2. The fraction of sp³-hybridized carbons (Fsp3) is 0.571. The maximum absolute atomic E-state index is 11.3. The number of amides is 1. The van der Waals surface area contributed by atoms with Crippen LogP contribution in [-0.4, -0.2) is 36.6 Å². The van der Waals surface area contributed by atoms with Gasteiger partial charge in [0.05, 0.1) is 0 Å². The van der Waals surface area contributed by atoms with E-state index >= 15 is 0 Å². The van der Waals surface area contributed by atoms with Gasteiger partial charge < -0.3 is 16.0 Å². The van der Waals surface area contributed by atoms with Gasteiger partial charge in [-0.15, -0.1) is 0 Å². The molecule has 0 spiro atoms. The largest absolute Gasteiger partial charge is 0.366 e. The van der Waals surface area contributed by atoms with Gasteiger partial charge in [-0.3, -0.25) is 4.79 Å². The number of hydrogen-bond acceptors (Lipinski definition) is 4. The molecular weight excluding hydrogens is 240 g/mol. The van der Waals surface area contributed by atoms with Crippen molar-refractivity contribution in [1.29, 1.82) is 0 Å². The Hall–Kier alpha value is -1.62. The lowest BCUT2D eigenvalue weighted by molar-refractivity contribution is 0.1000. The number of nitrogens with one attached hydrogen (secondary N) is 1. The lowest BCUT2D eigenvalue weighted by atomic mass is 9.93. The first-order valence-corrected chi connectivity index (χ1v) is 6.94. The number of fused-ring (bicyclic) bond motifs is 1. The highest BCUT2D eigenvalue weighted by atomic mass is 16.1. The van der Waals surface area contributed by atoms with E-state index in [1.54, 1.807) is 12.3 Å². The van der Waals surface area contributed by atoms with Crippen molar-refractivity contribution in [1.82, 2.24) is 10.3 Å². The van der Waals surface area contributed by atoms with E-state index in [0.29, 0.717) is 23.4 Å². The maximum atomic E-state index is 11.3. The van der Waals surface area contributed by atoms with Gasteiger partial charge >= 0.3 is 0 Å². The zero-order chi connectivity index (χ0) is 13.4. The normalized spacial score (nSPS) is 29.5. The second kappa shape index (κ2) is 4.81. The van der Waals surface area contributed by atoms with E-state index in [1.165, 1.54) is 0 Å². The number of hydrogen-bond donors (Lipinski definition) is 2. The molecule has 0 radical (unpaired) electrons. The van der Waals surface area contributed by atoms with Gasteiger partial charge in [-0.05, 0) is 30.4 Å². The van der Waals surface area contributed by atoms with Gasteiger partial charge in [0.2, 0.25) is 5.91 Å². The van der Waals surface area contributed by atoms with E-state index < -0.39 is 5.91 Å². The molecule has 2 aliphatic rings. The Morgan fingerprint density at radius 3 is 3.16 bits per heavy atom. The Balaban J connectivity index is 1.89. The van der Waals surface area contributed by atoms with Crippen molar-refractivity contribution in [2.24, 2.45) is 17.6 Å². The number of nitrogens with zero attached hydrogens (tertiary/aromatic N) is 2. The van der Waals surface area contributed by atoms with Gasteiger partial charge in [-0.1, -0.05) is 6.92 Å². The van der Waals surface area contributed by atoms with Gasteiger partial charge in [0, 0.05) is 37.4 Å². The van der Waals surface area contributed by atoms with Gasteiger partial charge in [0.1, 0.15) is 5.82 Å². The summed E-state index contributed by atoms with van der Waals surface area (Å²) < 4.78 is 0. The molecule has 3 rings (SSSR count). The highest BCUT2D eigenvalue weighted by Crippen LogP contribution is 2.36. The molecule has 3 atom stereocenters. The third kappa shape index (κ3) is 2.08. The van der Waals surface area contributed by atoms with Crippen molar-refractivity contribution in [2.45, 2.75) is 19.4 Å². The summed E-state index contributed by atoms with van der Waals surface area (Å²) in [5, 5.41) is 3.47. The molecule has 3 N–H and O–H groups in total. The Bertz CT molecular complexity index is 490. The van der Waals surface area contributed by atoms with E-state index in [9.17, 15) is 4.79 Å². The first kappa shape index (κ1) is 12.4. The number of nitrogens with two attached hydrogens (primary N) is 1. The number of carbonyl (C=O) groups excluding carboxylic acids is 1. The van der Waals surface area contributed by atoms with Crippen LogP contribution in [0.1, 0.15) is 23.7 Å². The molecular formula is C14H20N4O. The van der Waals surface area contributed by atoms with Crippen molar-refractivity contribution in [3.63, 3.8) is 0 Å². The van der Waals surface area contributed by atoms with Crippen LogP contribution < -0.4 is 16.0 Å². The van der Waals surface area contributed by atoms with Crippen LogP contribution in [0.5, 0.6) is 0 Å². The molecule has 5 nitrogen and oxygen atoms in total. The predicted molar refractivity (Wildman–Crippen MR) is 74.0 cm³/mol. The molecule has 1 aromatic rings. The van der Waals surface area contributed by atoms with Crippen molar-refractivity contribution >= 4 is 11.7 Å². The SMILES string of the molecule is CCC1C2CNCC2CN1c1cc(C(N)=O)ccn1. The average Bonchev–Trinajstić information content (AvgIpc) is 2.98. The molecule has 1 amide bonds. The molecule has 0 bridgehead atoms. The van der Waals surface area contributed by atoms with Crippen LogP contribution in [0.2, 0.25) is 0 Å². The minimum atomic E-state index is -0.391. The number of rotatable bonds is 3. The molecule has 3 heterocycles. The van der Waals surface area contributed by atoms with Gasteiger partial charge in [-0.2, -0.15) is 0 Å². The lowest BCUT2D eigenvalue weighted by Gasteiger charge is -2.28. The van der Waals surface area contributed by atoms with Crippen LogP contribution in [0.4, 0.5) is 5.82 Å². The van der Waals surface area contributed by atoms with Crippen molar-refractivity contribution in [2.75, 3.05) is 24.5 Å². The molecule has 19 heavy (non-hydrogen) atoms. The zero-order valence-corrected chi connectivity index (χ0v) is 11.2. The fourth-order valence-corrected chi connectivity index (χ4v) is 3.54. The number of anilines is 1. The first-order valence-electron chi connectivity index (χ1n) is 6.94. The molecule has 5 heteroatoms. The number of aromatic nitrogens is 1. The smallest absolute Gasteiger partial charge is 0.248 e. The minimum Gasteiger partial charge on any atom is -0.366 e. The quantitative estimate of drug-likeness (QED) is 0.835. The van der Waals surface area contributed by atoms with Crippen LogP contribution in [0.15, 0.2) is 18.3 Å². The molecule has 3 unspecified atom stereocenters. The fourth-order valence-electron chi connectivity index (χ4n) is 3.54. The molecule has 102 valence electrons. The number of primary amides is 1. The first-order chi connectivity index (χ1) is 9.20. The summed E-state index contributed by atoms with van der Waals surface area (Å²) in [5.41, 5.74) is 5.88. The van der Waals surface area contributed by atoms with Gasteiger partial charge in [0.15, 0.2) is 0 Å². The second-order valence-electron chi connectivity index (χ2n) is 5.48. The maximum Gasteiger partial charge on any atom is 0.248 e. The Labute approximate surface area is 113 Å².